The largest absolute Gasteiger partial charge is 0.338 e. The SMILES string of the molecule is CCS(=O)(=O)C1CSCCN1c1cccc(F)n1. The number of nitrogens with zero attached hydrogens (tertiary/aromatic N) is 2. The lowest BCUT2D eigenvalue weighted by atomic mass is 10.4. The maximum atomic E-state index is 13.1. The molecule has 1 fully saturated rings. The molecule has 1 atom stereocenters. The molecule has 0 aliphatic carbocycles. The van der Waals surface area contributed by atoms with E-state index < -0.39 is 21.2 Å². The Balaban J connectivity index is 2.34. The van der Waals surface area contributed by atoms with E-state index in [9.17, 15) is 12.8 Å². The van der Waals surface area contributed by atoms with E-state index in [0.717, 1.165) is 5.75 Å². The van der Waals surface area contributed by atoms with E-state index in [-0.39, 0.29) is 5.75 Å². The van der Waals surface area contributed by atoms with Gasteiger partial charge in [-0.3, -0.25) is 0 Å². The van der Waals surface area contributed by atoms with E-state index in [1.807, 2.05) is 0 Å². The molecular formula is C11H15FN2O2S2. The topological polar surface area (TPSA) is 50.3 Å². The van der Waals surface area contributed by atoms with Gasteiger partial charge < -0.3 is 4.90 Å². The maximum Gasteiger partial charge on any atom is 0.214 e. The highest BCUT2D eigenvalue weighted by Gasteiger charge is 2.33. The van der Waals surface area contributed by atoms with E-state index in [1.165, 1.54) is 6.07 Å². The number of hydrogen-bond donors (Lipinski definition) is 0. The highest BCUT2D eigenvalue weighted by Crippen LogP contribution is 2.26. The number of pyridine rings is 1. The van der Waals surface area contributed by atoms with Gasteiger partial charge in [0.15, 0.2) is 9.84 Å². The predicted molar refractivity (Wildman–Crippen MR) is 72.1 cm³/mol. The smallest absolute Gasteiger partial charge is 0.214 e. The Kier molecular flexibility index (Phi) is 4.11. The first-order valence-electron chi connectivity index (χ1n) is 5.73. The Bertz CT molecular complexity index is 522. The molecule has 0 saturated carbocycles. The van der Waals surface area contributed by atoms with Crippen molar-refractivity contribution < 1.29 is 12.8 Å². The summed E-state index contributed by atoms with van der Waals surface area (Å²) in [6.07, 6.45) is 0. The lowest BCUT2D eigenvalue weighted by Crippen LogP contribution is -2.48. The summed E-state index contributed by atoms with van der Waals surface area (Å²) in [6, 6.07) is 4.46. The molecule has 4 nitrogen and oxygen atoms in total. The van der Waals surface area contributed by atoms with Gasteiger partial charge in [0.25, 0.3) is 0 Å². The number of sulfone groups is 1. The van der Waals surface area contributed by atoms with Crippen molar-refractivity contribution in [2.24, 2.45) is 0 Å². The molecule has 1 aromatic heterocycles. The van der Waals surface area contributed by atoms with Crippen LogP contribution in [0.4, 0.5) is 10.2 Å². The summed E-state index contributed by atoms with van der Waals surface area (Å²) < 4.78 is 37.2. The summed E-state index contributed by atoms with van der Waals surface area (Å²) >= 11 is 1.61. The van der Waals surface area contributed by atoms with E-state index in [0.29, 0.717) is 18.1 Å². The van der Waals surface area contributed by atoms with Crippen molar-refractivity contribution >= 4 is 27.4 Å². The number of hydrogen-bond acceptors (Lipinski definition) is 5. The van der Waals surface area contributed by atoms with E-state index in [4.69, 9.17) is 0 Å². The van der Waals surface area contributed by atoms with Crippen LogP contribution in [0.5, 0.6) is 0 Å². The molecule has 0 amide bonds. The van der Waals surface area contributed by atoms with Gasteiger partial charge in [-0.2, -0.15) is 16.2 Å². The standard InChI is InChI=1S/C11H15FN2O2S2/c1-2-18(15,16)11-8-17-7-6-14(11)10-5-3-4-9(12)13-10/h3-5,11H,2,6-8H2,1H3. The summed E-state index contributed by atoms with van der Waals surface area (Å²) in [6.45, 7) is 2.21. The molecule has 0 bridgehead atoms. The first-order chi connectivity index (χ1) is 8.54. The van der Waals surface area contributed by atoms with Crippen LogP contribution in [-0.4, -0.2) is 42.6 Å². The first kappa shape index (κ1) is 13.6. The summed E-state index contributed by atoms with van der Waals surface area (Å²) in [5.74, 6) is 1.24. The minimum atomic E-state index is -3.19. The van der Waals surface area contributed by atoms with Crippen LogP contribution in [0.1, 0.15) is 6.92 Å². The zero-order valence-electron chi connectivity index (χ0n) is 10.0. The Labute approximate surface area is 111 Å². The molecule has 0 aromatic carbocycles. The highest BCUT2D eigenvalue weighted by molar-refractivity contribution is 8.01. The fraction of sp³-hybridized carbons (Fsp3) is 0.545. The molecule has 100 valence electrons. The van der Waals surface area contributed by atoms with Crippen molar-refractivity contribution in [1.82, 2.24) is 4.98 Å². The maximum absolute atomic E-state index is 13.1. The zero-order valence-corrected chi connectivity index (χ0v) is 11.7. The monoisotopic (exact) mass is 290 g/mol. The van der Waals surface area contributed by atoms with Gasteiger partial charge in [-0.1, -0.05) is 13.0 Å². The van der Waals surface area contributed by atoms with Crippen LogP contribution in [-0.2, 0) is 9.84 Å². The van der Waals surface area contributed by atoms with Crippen LogP contribution in [0.15, 0.2) is 18.2 Å². The Morgan fingerprint density at radius 3 is 3.00 bits per heavy atom. The number of rotatable bonds is 3. The van der Waals surface area contributed by atoms with E-state index in [1.54, 1.807) is 35.7 Å². The number of halogens is 1. The van der Waals surface area contributed by atoms with E-state index >= 15 is 0 Å². The van der Waals surface area contributed by atoms with Gasteiger partial charge in [-0.05, 0) is 12.1 Å². The average Bonchev–Trinajstić information content (AvgIpc) is 2.39. The molecule has 7 heteroatoms. The highest BCUT2D eigenvalue weighted by atomic mass is 32.2. The third-order valence-electron chi connectivity index (χ3n) is 2.90. The second-order valence-electron chi connectivity index (χ2n) is 3.99. The van der Waals surface area contributed by atoms with Crippen LogP contribution in [0, 0.1) is 5.95 Å². The molecule has 1 saturated heterocycles. The van der Waals surface area contributed by atoms with Crippen molar-refractivity contribution in [3.63, 3.8) is 0 Å². The molecule has 2 rings (SSSR count). The predicted octanol–water partition coefficient (Wildman–Crippen LogP) is 1.53. The quantitative estimate of drug-likeness (QED) is 0.790. The number of anilines is 1. The Morgan fingerprint density at radius 1 is 1.56 bits per heavy atom. The van der Waals surface area contributed by atoms with Crippen LogP contribution >= 0.6 is 11.8 Å². The summed E-state index contributed by atoms with van der Waals surface area (Å²) in [5, 5.41) is -0.601. The van der Waals surface area contributed by atoms with Crippen molar-refractivity contribution in [2.75, 3.05) is 28.7 Å². The zero-order chi connectivity index (χ0) is 13.2. The molecule has 1 aliphatic rings. The van der Waals surface area contributed by atoms with Crippen molar-refractivity contribution in [1.29, 1.82) is 0 Å². The van der Waals surface area contributed by atoms with Crippen molar-refractivity contribution in [3.8, 4) is 0 Å². The molecule has 0 spiro atoms. The second kappa shape index (κ2) is 5.44. The van der Waals surface area contributed by atoms with Crippen LogP contribution < -0.4 is 4.90 Å². The minimum absolute atomic E-state index is 0.0873. The molecule has 18 heavy (non-hydrogen) atoms. The molecular weight excluding hydrogens is 275 g/mol. The van der Waals surface area contributed by atoms with E-state index in [2.05, 4.69) is 4.98 Å². The van der Waals surface area contributed by atoms with Crippen molar-refractivity contribution in [2.45, 2.75) is 12.3 Å². The lowest BCUT2D eigenvalue weighted by molar-refractivity contribution is 0.568. The normalized spacial score (nSPS) is 21.0. The van der Waals surface area contributed by atoms with Crippen LogP contribution in [0.3, 0.4) is 0 Å². The summed E-state index contributed by atoms with van der Waals surface area (Å²) in [7, 11) is -3.19. The molecule has 1 unspecified atom stereocenters. The first-order valence-corrected chi connectivity index (χ1v) is 8.60. The Morgan fingerprint density at radius 2 is 2.33 bits per heavy atom. The Hall–Kier alpha value is -0.820. The second-order valence-corrected chi connectivity index (χ2v) is 7.59. The number of aromatic nitrogens is 1. The molecule has 0 N–H and O–H groups in total. The van der Waals surface area contributed by atoms with Crippen LogP contribution in [0.2, 0.25) is 0 Å². The molecule has 1 aromatic rings. The average molecular weight is 290 g/mol. The molecule has 2 heterocycles. The minimum Gasteiger partial charge on any atom is -0.338 e. The number of thioether (sulfide) groups is 1. The van der Waals surface area contributed by atoms with Gasteiger partial charge in [-0.25, -0.2) is 13.4 Å². The van der Waals surface area contributed by atoms with Crippen molar-refractivity contribution in [3.05, 3.63) is 24.1 Å². The van der Waals surface area contributed by atoms with Crippen LogP contribution in [0.25, 0.3) is 0 Å². The van der Waals surface area contributed by atoms with Gasteiger partial charge in [-0.15, -0.1) is 0 Å². The van der Waals surface area contributed by atoms with Gasteiger partial charge in [0, 0.05) is 23.8 Å². The summed E-state index contributed by atoms with van der Waals surface area (Å²) in [5.41, 5.74) is 0. The molecule has 0 radical (unpaired) electrons. The lowest BCUT2D eigenvalue weighted by Gasteiger charge is -2.35. The van der Waals surface area contributed by atoms with Gasteiger partial charge in [0.05, 0.1) is 0 Å². The van der Waals surface area contributed by atoms with Gasteiger partial charge >= 0.3 is 0 Å². The summed E-state index contributed by atoms with van der Waals surface area (Å²) in [4.78, 5) is 5.47. The van der Waals surface area contributed by atoms with Gasteiger partial charge in [0.2, 0.25) is 5.95 Å². The third-order valence-corrected chi connectivity index (χ3v) is 6.18. The van der Waals surface area contributed by atoms with Gasteiger partial charge in [0.1, 0.15) is 11.2 Å². The fourth-order valence-corrected chi connectivity index (χ4v) is 4.87. The molecule has 1 aliphatic heterocycles. The third kappa shape index (κ3) is 2.77. The fourth-order valence-electron chi connectivity index (χ4n) is 1.89.